The number of nitrogens with zero attached hydrogens (tertiary/aromatic N) is 3. The number of para-hydroxylation sites is 1. The fourth-order valence-electron chi connectivity index (χ4n) is 2.95. The number of thioether (sulfide) groups is 1. The number of fused-ring (bicyclic) bond motifs is 1. The summed E-state index contributed by atoms with van der Waals surface area (Å²) in [4.78, 5) is 37.1. The van der Waals surface area contributed by atoms with Crippen LogP contribution in [0.5, 0.6) is 5.75 Å². The number of rotatable bonds is 4. The summed E-state index contributed by atoms with van der Waals surface area (Å²) in [5.41, 5.74) is 1.67. The van der Waals surface area contributed by atoms with Crippen LogP contribution >= 0.6 is 11.8 Å². The number of hydrogen-bond acceptors (Lipinski definition) is 8. The zero-order valence-corrected chi connectivity index (χ0v) is 15.5. The van der Waals surface area contributed by atoms with E-state index in [1.165, 1.54) is 29.2 Å². The Morgan fingerprint density at radius 3 is 2.59 bits per heavy atom. The van der Waals surface area contributed by atoms with Crippen molar-refractivity contribution in [2.24, 2.45) is 10.2 Å². The number of carbonyl (C=O) groups excluding carboxylic acids is 3. The molecule has 0 bridgehead atoms. The van der Waals surface area contributed by atoms with Gasteiger partial charge in [-0.2, -0.15) is 0 Å². The van der Waals surface area contributed by atoms with Gasteiger partial charge in [-0.25, -0.2) is 0 Å². The minimum Gasteiger partial charge on any atom is -0.550 e. The van der Waals surface area contributed by atoms with Gasteiger partial charge in [0.1, 0.15) is 5.75 Å². The average Bonchev–Trinajstić information content (AvgIpc) is 3.16. The van der Waals surface area contributed by atoms with Crippen LogP contribution in [0.4, 0.5) is 11.4 Å². The van der Waals surface area contributed by atoms with Crippen LogP contribution in [0.1, 0.15) is 12.0 Å². The van der Waals surface area contributed by atoms with E-state index in [4.69, 9.17) is 0 Å². The Morgan fingerprint density at radius 1 is 1.14 bits per heavy atom. The third-order valence-corrected chi connectivity index (χ3v) is 5.40. The predicted molar refractivity (Wildman–Crippen MR) is 106 cm³/mol. The molecule has 0 unspecified atom stereocenters. The molecule has 1 saturated heterocycles. The van der Waals surface area contributed by atoms with Crippen LogP contribution in [0.3, 0.4) is 0 Å². The second-order valence-electron chi connectivity index (χ2n) is 6.20. The van der Waals surface area contributed by atoms with E-state index in [2.05, 4.69) is 15.5 Å². The number of nitrogens with one attached hydrogen (secondary N) is 1. The van der Waals surface area contributed by atoms with Crippen LogP contribution in [-0.2, 0) is 14.4 Å². The maximum Gasteiger partial charge on any atom is 0.276 e. The standard InChI is InChI=1S/C19H14N4O5S/c24-11-7-5-10(6-8-11)23-18(28)14(9-15(25)26)29-19(23)22-21-16-12-3-1-2-4-13(12)20-17(16)27/h1-8,14,24H,9H2,(H,25,26)(H,20,21,27)/p-1/b22-19+/t14-/m1/s1. The van der Waals surface area contributed by atoms with Gasteiger partial charge in [-0.05, 0) is 30.3 Å². The first-order valence-electron chi connectivity index (χ1n) is 8.50. The molecule has 146 valence electrons. The van der Waals surface area contributed by atoms with E-state index in [1.54, 1.807) is 24.3 Å². The molecule has 0 spiro atoms. The topological polar surface area (TPSA) is 134 Å². The Kier molecular flexibility index (Phi) is 4.77. The van der Waals surface area contributed by atoms with Crippen LogP contribution in [0, 0.1) is 0 Å². The lowest BCUT2D eigenvalue weighted by Gasteiger charge is -2.16. The van der Waals surface area contributed by atoms with Crippen molar-refractivity contribution in [3.63, 3.8) is 0 Å². The summed E-state index contributed by atoms with van der Waals surface area (Å²) in [6.45, 7) is 0. The van der Waals surface area contributed by atoms with Gasteiger partial charge >= 0.3 is 0 Å². The largest absolute Gasteiger partial charge is 0.550 e. The van der Waals surface area contributed by atoms with E-state index in [1.807, 2.05) is 0 Å². The molecule has 2 aromatic carbocycles. The molecular formula is C19H13N4O5S-. The molecular weight excluding hydrogens is 396 g/mol. The molecule has 4 rings (SSSR count). The summed E-state index contributed by atoms with van der Waals surface area (Å²) in [6, 6.07) is 12.8. The number of anilines is 2. The van der Waals surface area contributed by atoms with Gasteiger partial charge in [0.05, 0.1) is 16.6 Å². The molecule has 2 N–H and O–H groups in total. The van der Waals surface area contributed by atoms with Crippen LogP contribution in [0.25, 0.3) is 0 Å². The number of aromatic hydroxyl groups is 1. The smallest absolute Gasteiger partial charge is 0.276 e. The van der Waals surface area contributed by atoms with Crippen molar-refractivity contribution in [3.05, 3.63) is 54.1 Å². The van der Waals surface area contributed by atoms with E-state index in [0.29, 0.717) is 16.9 Å². The van der Waals surface area contributed by atoms with Crippen LogP contribution in [0.2, 0.25) is 0 Å². The van der Waals surface area contributed by atoms with Gasteiger partial charge < -0.3 is 20.3 Å². The van der Waals surface area contributed by atoms with Gasteiger partial charge in [-0.3, -0.25) is 14.5 Å². The Labute approximate surface area is 168 Å². The van der Waals surface area contributed by atoms with Crippen molar-refractivity contribution in [2.75, 3.05) is 10.2 Å². The molecule has 1 fully saturated rings. The Morgan fingerprint density at radius 2 is 1.86 bits per heavy atom. The Balaban J connectivity index is 1.73. The van der Waals surface area contributed by atoms with Crippen molar-refractivity contribution < 1.29 is 24.6 Å². The number of phenolic OH excluding ortho intramolecular Hbond substituents is 1. The molecule has 0 saturated carbocycles. The van der Waals surface area contributed by atoms with Crippen LogP contribution in [0.15, 0.2) is 58.7 Å². The lowest BCUT2D eigenvalue weighted by molar-refractivity contribution is -0.305. The lowest BCUT2D eigenvalue weighted by atomic mass is 10.1. The van der Waals surface area contributed by atoms with Gasteiger partial charge in [-0.15, -0.1) is 10.2 Å². The summed E-state index contributed by atoms with van der Waals surface area (Å²) in [5.74, 6) is -2.28. The number of hydrogen-bond donors (Lipinski definition) is 2. The third-order valence-electron chi connectivity index (χ3n) is 4.28. The molecule has 10 heteroatoms. The molecule has 2 aliphatic heterocycles. The number of benzene rings is 2. The van der Waals surface area contributed by atoms with Crippen molar-refractivity contribution in [2.45, 2.75) is 11.7 Å². The predicted octanol–water partition coefficient (Wildman–Crippen LogP) is 0.693. The van der Waals surface area contributed by atoms with Gasteiger partial charge in [0.25, 0.3) is 5.91 Å². The molecule has 9 nitrogen and oxygen atoms in total. The second-order valence-corrected chi connectivity index (χ2v) is 7.37. The first-order chi connectivity index (χ1) is 13.9. The van der Waals surface area contributed by atoms with E-state index in [9.17, 15) is 24.6 Å². The fraction of sp³-hybridized carbons (Fsp3) is 0.105. The van der Waals surface area contributed by atoms with E-state index in [-0.39, 0.29) is 16.6 Å². The summed E-state index contributed by atoms with van der Waals surface area (Å²) in [5, 5.41) is 30.5. The Bertz CT molecular complexity index is 1080. The highest BCUT2D eigenvalue weighted by molar-refractivity contribution is 8.16. The fourth-order valence-corrected chi connectivity index (χ4v) is 4.02. The van der Waals surface area contributed by atoms with Crippen molar-refractivity contribution >= 4 is 51.8 Å². The minimum atomic E-state index is -1.36. The highest BCUT2D eigenvalue weighted by Crippen LogP contribution is 2.34. The van der Waals surface area contributed by atoms with E-state index < -0.39 is 29.5 Å². The molecule has 29 heavy (non-hydrogen) atoms. The number of phenols is 1. The normalized spacial score (nSPS) is 21.0. The van der Waals surface area contributed by atoms with Gasteiger partial charge in [0.15, 0.2) is 10.9 Å². The second kappa shape index (κ2) is 7.40. The van der Waals surface area contributed by atoms with Crippen molar-refractivity contribution in [1.82, 2.24) is 0 Å². The number of carbonyl (C=O) groups is 3. The lowest BCUT2D eigenvalue weighted by Crippen LogP contribution is -2.35. The summed E-state index contributed by atoms with van der Waals surface area (Å²) in [7, 11) is 0. The molecule has 0 aliphatic carbocycles. The maximum atomic E-state index is 12.7. The highest BCUT2D eigenvalue weighted by atomic mass is 32.2. The molecule has 2 aromatic rings. The monoisotopic (exact) mass is 409 g/mol. The SMILES string of the molecule is O=C([O-])C[C@H]1S/C(=N/N=C2\C(=O)Nc3ccccc32)N(c2ccc(O)cc2)C1=O. The van der Waals surface area contributed by atoms with Crippen LogP contribution in [-0.4, -0.2) is 39.0 Å². The first-order valence-corrected chi connectivity index (χ1v) is 9.38. The summed E-state index contributed by atoms with van der Waals surface area (Å²) < 4.78 is 0. The molecule has 0 aromatic heterocycles. The highest BCUT2D eigenvalue weighted by Gasteiger charge is 2.39. The number of amides is 2. The quantitative estimate of drug-likeness (QED) is 0.714. The zero-order chi connectivity index (χ0) is 20.5. The average molecular weight is 409 g/mol. The van der Waals surface area contributed by atoms with Crippen LogP contribution < -0.4 is 15.3 Å². The van der Waals surface area contributed by atoms with E-state index in [0.717, 1.165) is 11.8 Å². The number of aliphatic carboxylic acids is 1. The van der Waals surface area contributed by atoms with Gasteiger partial charge in [0, 0.05) is 18.0 Å². The molecule has 2 heterocycles. The molecule has 0 radical (unpaired) electrons. The Hall–Kier alpha value is -3.66. The zero-order valence-electron chi connectivity index (χ0n) is 14.7. The first kappa shape index (κ1) is 18.7. The maximum absolute atomic E-state index is 12.7. The van der Waals surface area contributed by atoms with Crippen molar-refractivity contribution in [3.8, 4) is 5.75 Å². The van der Waals surface area contributed by atoms with E-state index >= 15 is 0 Å². The third kappa shape index (κ3) is 3.57. The number of amidine groups is 1. The minimum absolute atomic E-state index is 0.0114. The van der Waals surface area contributed by atoms with Crippen molar-refractivity contribution in [1.29, 1.82) is 0 Å². The van der Waals surface area contributed by atoms with Gasteiger partial charge in [-0.1, -0.05) is 30.0 Å². The summed E-state index contributed by atoms with van der Waals surface area (Å²) >= 11 is 0.924. The molecule has 1 atom stereocenters. The molecule has 2 amide bonds. The number of carboxylic acid groups (broad SMARTS) is 1. The molecule has 2 aliphatic rings. The summed E-state index contributed by atoms with van der Waals surface area (Å²) in [6.07, 6.45) is -0.489. The van der Waals surface area contributed by atoms with Gasteiger partial charge in [0.2, 0.25) is 5.91 Å². The number of carboxylic acids is 1.